The summed E-state index contributed by atoms with van der Waals surface area (Å²) < 4.78 is 0. The van der Waals surface area contributed by atoms with Gasteiger partial charge in [-0.3, -0.25) is 15.6 Å². The second kappa shape index (κ2) is 10.4. The maximum Gasteiger partial charge on any atom is 0.315 e. The SMILES string of the molecule is CCCNC(=S)NNC(=O)c1ccc(CNC(=O)NC(C)C)cc1. The van der Waals surface area contributed by atoms with E-state index in [0.29, 0.717) is 17.2 Å². The van der Waals surface area contributed by atoms with Crippen LogP contribution in [0.1, 0.15) is 43.1 Å². The zero-order valence-corrected chi connectivity index (χ0v) is 15.0. The molecule has 3 amide bonds. The fraction of sp³-hybridized carbons (Fsp3) is 0.438. The summed E-state index contributed by atoms with van der Waals surface area (Å²) in [5, 5.41) is 8.82. The third-order valence-electron chi connectivity index (χ3n) is 2.91. The van der Waals surface area contributed by atoms with E-state index >= 15 is 0 Å². The van der Waals surface area contributed by atoms with Crippen molar-refractivity contribution < 1.29 is 9.59 Å². The first-order chi connectivity index (χ1) is 11.4. The van der Waals surface area contributed by atoms with Crippen LogP contribution >= 0.6 is 12.2 Å². The molecule has 0 atom stereocenters. The van der Waals surface area contributed by atoms with Gasteiger partial charge in [0.2, 0.25) is 0 Å². The number of urea groups is 1. The van der Waals surface area contributed by atoms with E-state index in [1.807, 2.05) is 20.8 Å². The Morgan fingerprint density at radius 1 is 1.08 bits per heavy atom. The summed E-state index contributed by atoms with van der Waals surface area (Å²) in [7, 11) is 0. The average Bonchev–Trinajstić information content (AvgIpc) is 2.55. The van der Waals surface area contributed by atoms with Crippen molar-refractivity contribution in [1.29, 1.82) is 0 Å². The molecule has 0 unspecified atom stereocenters. The molecule has 1 aromatic carbocycles. The smallest absolute Gasteiger partial charge is 0.315 e. The van der Waals surface area contributed by atoms with E-state index in [4.69, 9.17) is 12.2 Å². The first-order valence-electron chi connectivity index (χ1n) is 7.89. The van der Waals surface area contributed by atoms with E-state index < -0.39 is 0 Å². The van der Waals surface area contributed by atoms with Crippen molar-refractivity contribution in [2.75, 3.05) is 6.54 Å². The Morgan fingerprint density at radius 3 is 2.33 bits per heavy atom. The van der Waals surface area contributed by atoms with E-state index in [1.54, 1.807) is 24.3 Å². The van der Waals surface area contributed by atoms with E-state index in [1.165, 1.54) is 0 Å². The summed E-state index contributed by atoms with van der Waals surface area (Å²) in [6, 6.07) is 6.83. The van der Waals surface area contributed by atoms with Gasteiger partial charge in [-0.2, -0.15) is 0 Å². The van der Waals surface area contributed by atoms with Crippen molar-refractivity contribution >= 4 is 29.3 Å². The highest BCUT2D eigenvalue weighted by Gasteiger charge is 2.06. The third kappa shape index (κ3) is 7.77. The predicted molar refractivity (Wildman–Crippen MR) is 98.4 cm³/mol. The van der Waals surface area contributed by atoms with Crippen LogP contribution in [-0.2, 0) is 6.54 Å². The van der Waals surface area contributed by atoms with Gasteiger partial charge in [-0.15, -0.1) is 0 Å². The fourth-order valence-electron chi connectivity index (χ4n) is 1.74. The zero-order valence-electron chi connectivity index (χ0n) is 14.2. The molecule has 0 aromatic heterocycles. The minimum absolute atomic E-state index is 0.0847. The van der Waals surface area contributed by atoms with Gasteiger partial charge in [0.05, 0.1) is 0 Å². The molecular weight excluding hydrogens is 326 g/mol. The van der Waals surface area contributed by atoms with Gasteiger partial charge < -0.3 is 16.0 Å². The van der Waals surface area contributed by atoms with Crippen LogP contribution < -0.4 is 26.8 Å². The topological polar surface area (TPSA) is 94.3 Å². The highest BCUT2D eigenvalue weighted by molar-refractivity contribution is 7.80. The molecule has 1 rings (SSSR count). The largest absolute Gasteiger partial charge is 0.361 e. The van der Waals surface area contributed by atoms with Crippen LogP contribution in [0.2, 0.25) is 0 Å². The molecule has 0 saturated carbocycles. The summed E-state index contributed by atoms with van der Waals surface area (Å²) in [5.74, 6) is -0.285. The first-order valence-corrected chi connectivity index (χ1v) is 8.30. The number of benzene rings is 1. The van der Waals surface area contributed by atoms with Crippen molar-refractivity contribution in [3.8, 4) is 0 Å². The van der Waals surface area contributed by atoms with E-state index in [0.717, 1.165) is 18.5 Å². The van der Waals surface area contributed by atoms with Crippen LogP contribution in [-0.4, -0.2) is 29.6 Å². The maximum atomic E-state index is 12.0. The molecule has 0 fully saturated rings. The first kappa shape index (κ1) is 19.7. The number of carbonyl (C=O) groups is 2. The minimum atomic E-state index is -0.285. The van der Waals surface area contributed by atoms with Crippen LogP contribution in [0.25, 0.3) is 0 Å². The number of hydrogen-bond donors (Lipinski definition) is 5. The molecule has 7 nitrogen and oxygen atoms in total. The molecule has 24 heavy (non-hydrogen) atoms. The van der Waals surface area contributed by atoms with Crippen LogP contribution in [0, 0.1) is 0 Å². The average molecular weight is 351 g/mol. The lowest BCUT2D eigenvalue weighted by Gasteiger charge is -2.12. The fourth-order valence-corrected chi connectivity index (χ4v) is 1.89. The van der Waals surface area contributed by atoms with Gasteiger partial charge in [0.1, 0.15) is 0 Å². The van der Waals surface area contributed by atoms with Gasteiger partial charge in [0, 0.05) is 24.7 Å². The Bertz CT molecular complexity index is 560. The van der Waals surface area contributed by atoms with Gasteiger partial charge in [-0.25, -0.2) is 4.79 Å². The standard InChI is InChI=1S/C16H25N5O2S/c1-4-9-17-16(24)21-20-14(22)13-7-5-12(6-8-13)10-18-15(23)19-11(2)3/h5-8,11H,4,9-10H2,1-3H3,(H,20,22)(H2,17,21,24)(H2,18,19,23). The molecule has 0 aliphatic carbocycles. The number of rotatable bonds is 6. The molecule has 0 saturated heterocycles. The zero-order chi connectivity index (χ0) is 17.9. The summed E-state index contributed by atoms with van der Waals surface area (Å²) in [5.41, 5.74) is 6.57. The van der Waals surface area contributed by atoms with Gasteiger partial charge >= 0.3 is 6.03 Å². The Hall–Kier alpha value is -2.35. The molecule has 0 spiro atoms. The molecule has 0 radical (unpaired) electrons. The Balaban J connectivity index is 2.41. The molecule has 0 aliphatic rings. The van der Waals surface area contributed by atoms with E-state index in [9.17, 15) is 9.59 Å². The van der Waals surface area contributed by atoms with Gasteiger partial charge in [-0.05, 0) is 50.2 Å². The lowest BCUT2D eigenvalue weighted by Crippen LogP contribution is -2.46. The van der Waals surface area contributed by atoms with Crippen LogP contribution in [0.5, 0.6) is 0 Å². The Morgan fingerprint density at radius 2 is 1.75 bits per heavy atom. The van der Waals surface area contributed by atoms with Crippen molar-refractivity contribution in [2.45, 2.75) is 39.8 Å². The van der Waals surface area contributed by atoms with E-state index in [2.05, 4.69) is 26.8 Å². The molecule has 132 valence electrons. The summed E-state index contributed by atoms with van der Waals surface area (Å²) in [6.45, 7) is 6.95. The van der Waals surface area contributed by atoms with Crippen LogP contribution in [0.15, 0.2) is 24.3 Å². The molecule has 0 bridgehead atoms. The van der Waals surface area contributed by atoms with Gasteiger partial charge in [-0.1, -0.05) is 19.1 Å². The summed E-state index contributed by atoms with van der Waals surface area (Å²) in [6.07, 6.45) is 0.945. The predicted octanol–water partition coefficient (Wildman–Crippen LogP) is 1.41. The number of hydrogen-bond acceptors (Lipinski definition) is 3. The summed E-state index contributed by atoms with van der Waals surface area (Å²) >= 11 is 5.01. The second-order valence-electron chi connectivity index (χ2n) is 5.51. The molecule has 1 aromatic rings. The third-order valence-corrected chi connectivity index (χ3v) is 3.16. The van der Waals surface area contributed by atoms with Gasteiger partial charge in [0.25, 0.3) is 5.91 Å². The quantitative estimate of drug-likeness (QED) is 0.395. The molecule has 0 aliphatic heterocycles. The lowest BCUT2D eigenvalue weighted by atomic mass is 10.1. The van der Waals surface area contributed by atoms with Crippen molar-refractivity contribution in [3.05, 3.63) is 35.4 Å². The Kier molecular flexibility index (Phi) is 8.56. The van der Waals surface area contributed by atoms with Crippen LogP contribution in [0.4, 0.5) is 4.79 Å². The number of thiocarbonyl (C=S) groups is 1. The number of nitrogens with one attached hydrogen (secondary N) is 5. The minimum Gasteiger partial charge on any atom is -0.361 e. The summed E-state index contributed by atoms with van der Waals surface area (Å²) in [4.78, 5) is 23.5. The highest BCUT2D eigenvalue weighted by atomic mass is 32.1. The Labute approximate surface area is 147 Å². The molecule has 5 N–H and O–H groups in total. The van der Waals surface area contributed by atoms with Crippen molar-refractivity contribution in [2.24, 2.45) is 0 Å². The molecular formula is C16H25N5O2S. The number of amides is 3. The maximum absolute atomic E-state index is 12.0. The van der Waals surface area contributed by atoms with E-state index in [-0.39, 0.29) is 18.0 Å². The molecule has 8 heteroatoms. The van der Waals surface area contributed by atoms with Gasteiger partial charge in [0.15, 0.2) is 5.11 Å². The molecule has 0 heterocycles. The number of hydrazine groups is 1. The number of carbonyl (C=O) groups excluding carboxylic acids is 2. The monoisotopic (exact) mass is 351 g/mol. The van der Waals surface area contributed by atoms with Crippen molar-refractivity contribution in [3.63, 3.8) is 0 Å². The normalized spacial score (nSPS) is 10.0. The lowest BCUT2D eigenvalue weighted by molar-refractivity contribution is 0.0943. The second-order valence-corrected chi connectivity index (χ2v) is 5.92. The van der Waals surface area contributed by atoms with Crippen molar-refractivity contribution in [1.82, 2.24) is 26.8 Å². The highest BCUT2D eigenvalue weighted by Crippen LogP contribution is 2.04. The van der Waals surface area contributed by atoms with Crippen LogP contribution in [0.3, 0.4) is 0 Å².